The molecule has 0 spiro atoms. The maximum atomic E-state index is 13.3. The second-order valence-electron chi connectivity index (χ2n) is 6.33. The predicted molar refractivity (Wildman–Crippen MR) is 100.0 cm³/mol. The number of piperazine rings is 1. The Kier molecular flexibility index (Phi) is 5.98. The third kappa shape index (κ3) is 4.40. The van der Waals surface area contributed by atoms with E-state index in [9.17, 15) is 12.8 Å². The lowest BCUT2D eigenvalue weighted by atomic mass is 10.2. The van der Waals surface area contributed by atoms with Crippen LogP contribution in [0.15, 0.2) is 47.4 Å². The molecule has 1 fully saturated rings. The van der Waals surface area contributed by atoms with E-state index in [1.165, 1.54) is 36.7 Å². The van der Waals surface area contributed by atoms with Gasteiger partial charge in [-0.2, -0.15) is 4.31 Å². The summed E-state index contributed by atoms with van der Waals surface area (Å²) in [6.45, 7) is 2.49. The molecule has 146 valence electrons. The van der Waals surface area contributed by atoms with Gasteiger partial charge < -0.3 is 9.47 Å². The minimum absolute atomic E-state index is 0.129. The standard InChI is InChI=1S/C19H23FN2O4S/c1-25-17-6-7-19(18(13-17)26-2)27(23,24)22-10-8-21(9-11-22)14-15-4-3-5-16(20)12-15/h3-7,12-13H,8-11,14H2,1-2H3. The molecule has 0 unspecified atom stereocenters. The summed E-state index contributed by atoms with van der Waals surface area (Å²) < 4.78 is 51.2. The third-order valence-corrected chi connectivity index (χ3v) is 6.55. The Hall–Kier alpha value is -2.16. The van der Waals surface area contributed by atoms with Crippen LogP contribution in [0.2, 0.25) is 0 Å². The Balaban J connectivity index is 1.69. The fourth-order valence-corrected chi connectivity index (χ4v) is 4.71. The van der Waals surface area contributed by atoms with Gasteiger partial charge in [-0.05, 0) is 29.8 Å². The number of rotatable bonds is 6. The second kappa shape index (κ2) is 8.24. The summed E-state index contributed by atoms with van der Waals surface area (Å²) in [6.07, 6.45) is 0. The minimum Gasteiger partial charge on any atom is -0.497 e. The van der Waals surface area contributed by atoms with Gasteiger partial charge in [0.25, 0.3) is 0 Å². The first kappa shape index (κ1) is 19.6. The molecule has 0 aliphatic carbocycles. The molecule has 8 heteroatoms. The molecule has 2 aromatic rings. The molecule has 0 atom stereocenters. The molecule has 1 aliphatic rings. The fraction of sp³-hybridized carbons (Fsp3) is 0.368. The molecule has 1 saturated heterocycles. The number of hydrogen-bond donors (Lipinski definition) is 0. The van der Waals surface area contributed by atoms with Crippen molar-refractivity contribution < 1.29 is 22.3 Å². The van der Waals surface area contributed by atoms with Crippen molar-refractivity contribution in [2.24, 2.45) is 0 Å². The van der Waals surface area contributed by atoms with Crippen LogP contribution < -0.4 is 9.47 Å². The van der Waals surface area contributed by atoms with Gasteiger partial charge in [-0.1, -0.05) is 12.1 Å². The van der Waals surface area contributed by atoms with Crippen LogP contribution in [0.4, 0.5) is 4.39 Å². The molecule has 2 aromatic carbocycles. The van der Waals surface area contributed by atoms with Crippen molar-refractivity contribution in [3.8, 4) is 11.5 Å². The number of ether oxygens (including phenoxy) is 2. The van der Waals surface area contributed by atoms with Gasteiger partial charge in [0.05, 0.1) is 14.2 Å². The minimum atomic E-state index is -3.67. The summed E-state index contributed by atoms with van der Waals surface area (Å²) in [5, 5.41) is 0. The van der Waals surface area contributed by atoms with Gasteiger partial charge >= 0.3 is 0 Å². The average Bonchev–Trinajstić information content (AvgIpc) is 2.68. The van der Waals surface area contributed by atoms with Crippen LogP contribution >= 0.6 is 0 Å². The second-order valence-corrected chi connectivity index (χ2v) is 8.23. The van der Waals surface area contributed by atoms with Crippen LogP contribution in [0.3, 0.4) is 0 Å². The van der Waals surface area contributed by atoms with Crippen LogP contribution in [-0.2, 0) is 16.6 Å². The largest absolute Gasteiger partial charge is 0.497 e. The first-order chi connectivity index (χ1) is 12.9. The molecule has 0 radical (unpaired) electrons. The number of halogens is 1. The van der Waals surface area contributed by atoms with Crippen molar-refractivity contribution in [2.45, 2.75) is 11.4 Å². The number of sulfonamides is 1. The summed E-state index contributed by atoms with van der Waals surface area (Å²) in [7, 11) is -0.717. The highest BCUT2D eigenvalue weighted by Gasteiger charge is 2.31. The Labute approximate surface area is 159 Å². The molecule has 6 nitrogen and oxygen atoms in total. The average molecular weight is 394 g/mol. The highest BCUT2D eigenvalue weighted by molar-refractivity contribution is 7.89. The Bertz CT molecular complexity index is 896. The van der Waals surface area contributed by atoms with Crippen LogP contribution in [0.1, 0.15) is 5.56 Å². The monoisotopic (exact) mass is 394 g/mol. The van der Waals surface area contributed by atoms with Gasteiger partial charge in [-0.3, -0.25) is 4.90 Å². The highest BCUT2D eigenvalue weighted by Crippen LogP contribution is 2.31. The van der Waals surface area contributed by atoms with E-state index < -0.39 is 10.0 Å². The summed E-state index contributed by atoms with van der Waals surface area (Å²) in [4.78, 5) is 2.25. The SMILES string of the molecule is COc1ccc(S(=O)(=O)N2CCN(Cc3cccc(F)c3)CC2)c(OC)c1. The van der Waals surface area contributed by atoms with Gasteiger partial charge in [-0.25, -0.2) is 12.8 Å². The van der Waals surface area contributed by atoms with Gasteiger partial charge in [0.2, 0.25) is 10.0 Å². The molecular weight excluding hydrogens is 371 g/mol. The number of benzene rings is 2. The van der Waals surface area contributed by atoms with Crippen molar-refractivity contribution in [1.82, 2.24) is 9.21 Å². The Morgan fingerprint density at radius 1 is 1.00 bits per heavy atom. The number of nitrogens with zero attached hydrogens (tertiary/aromatic N) is 2. The van der Waals surface area contributed by atoms with Gasteiger partial charge in [0.1, 0.15) is 22.2 Å². The summed E-state index contributed by atoms with van der Waals surface area (Å²) in [5.41, 5.74) is 0.878. The fourth-order valence-electron chi connectivity index (χ4n) is 3.15. The third-order valence-electron chi connectivity index (χ3n) is 4.62. The van der Waals surface area contributed by atoms with E-state index in [1.54, 1.807) is 18.2 Å². The zero-order valence-electron chi connectivity index (χ0n) is 15.4. The van der Waals surface area contributed by atoms with E-state index in [1.807, 2.05) is 6.07 Å². The summed E-state index contributed by atoms with van der Waals surface area (Å²) >= 11 is 0. The Morgan fingerprint density at radius 3 is 2.37 bits per heavy atom. The zero-order valence-corrected chi connectivity index (χ0v) is 16.2. The van der Waals surface area contributed by atoms with Crippen molar-refractivity contribution in [1.29, 1.82) is 0 Å². The van der Waals surface area contributed by atoms with E-state index in [4.69, 9.17) is 9.47 Å². The lowest BCUT2D eigenvalue weighted by Crippen LogP contribution is -2.48. The van der Waals surface area contributed by atoms with Crippen molar-refractivity contribution in [3.05, 3.63) is 53.8 Å². The van der Waals surface area contributed by atoms with Gasteiger partial charge in [0.15, 0.2) is 0 Å². The molecule has 0 N–H and O–H groups in total. The number of hydrogen-bond acceptors (Lipinski definition) is 5. The molecule has 1 heterocycles. The molecular formula is C19H23FN2O4S. The molecule has 3 rings (SSSR count). The van der Waals surface area contributed by atoms with Crippen molar-refractivity contribution >= 4 is 10.0 Å². The van der Waals surface area contributed by atoms with E-state index in [2.05, 4.69) is 4.90 Å². The predicted octanol–water partition coefficient (Wildman–Crippen LogP) is 2.35. The topological polar surface area (TPSA) is 59.1 Å². The van der Waals surface area contributed by atoms with E-state index in [0.29, 0.717) is 38.5 Å². The first-order valence-electron chi connectivity index (χ1n) is 8.63. The quantitative estimate of drug-likeness (QED) is 0.753. The molecule has 0 bridgehead atoms. The molecule has 27 heavy (non-hydrogen) atoms. The van der Waals surface area contributed by atoms with E-state index in [0.717, 1.165) is 5.56 Å². The maximum Gasteiger partial charge on any atom is 0.246 e. The molecule has 0 saturated carbocycles. The van der Waals surface area contributed by atoms with Gasteiger partial charge in [0, 0.05) is 38.8 Å². The molecule has 0 aromatic heterocycles. The van der Waals surface area contributed by atoms with E-state index >= 15 is 0 Å². The number of methoxy groups -OCH3 is 2. The lowest BCUT2D eigenvalue weighted by molar-refractivity contribution is 0.181. The molecule has 1 aliphatic heterocycles. The summed E-state index contributed by atoms with van der Waals surface area (Å²) in [6, 6.07) is 11.1. The smallest absolute Gasteiger partial charge is 0.246 e. The zero-order chi connectivity index (χ0) is 19.4. The van der Waals surface area contributed by atoms with Crippen molar-refractivity contribution in [3.63, 3.8) is 0 Å². The Morgan fingerprint density at radius 2 is 1.74 bits per heavy atom. The van der Waals surface area contributed by atoms with Crippen LogP contribution in [0, 0.1) is 5.82 Å². The van der Waals surface area contributed by atoms with Crippen LogP contribution in [0.5, 0.6) is 11.5 Å². The first-order valence-corrected chi connectivity index (χ1v) is 10.1. The van der Waals surface area contributed by atoms with Crippen LogP contribution in [0.25, 0.3) is 0 Å². The van der Waals surface area contributed by atoms with Gasteiger partial charge in [-0.15, -0.1) is 0 Å². The maximum absolute atomic E-state index is 13.3. The highest BCUT2D eigenvalue weighted by atomic mass is 32.2. The molecule has 0 amide bonds. The van der Waals surface area contributed by atoms with Crippen LogP contribution in [-0.4, -0.2) is 58.0 Å². The van der Waals surface area contributed by atoms with Crippen molar-refractivity contribution in [2.75, 3.05) is 40.4 Å². The summed E-state index contributed by atoms with van der Waals surface area (Å²) in [5.74, 6) is 0.530. The normalized spacial score (nSPS) is 16.3. The van der Waals surface area contributed by atoms with E-state index in [-0.39, 0.29) is 16.5 Å². The lowest BCUT2D eigenvalue weighted by Gasteiger charge is -2.34.